The van der Waals surface area contributed by atoms with Crippen molar-refractivity contribution in [3.05, 3.63) is 46.9 Å². The monoisotopic (exact) mass is 206 g/mol. The van der Waals surface area contributed by atoms with Crippen molar-refractivity contribution in [2.75, 3.05) is 0 Å². The summed E-state index contributed by atoms with van der Waals surface area (Å²) in [5, 5.41) is 0. The van der Waals surface area contributed by atoms with Crippen LogP contribution < -0.4 is 0 Å². The Bertz CT molecular complexity index is 310. The summed E-state index contributed by atoms with van der Waals surface area (Å²) in [6.07, 6.45) is 0. The molecule has 0 atom stereocenters. The molecular weight excluding hydrogens is 200 g/mol. The van der Waals surface area contributed by atoms with Gasteiger partial charge in [-0.3, -0.25) is 0 Å². The van der Waals surface area contributed by atoms with Crippen LogP contribution in [0.4, 0.5) is 0 Å². The van der Waals surface area contributed by atoms with E-state index in [9.17, 15) is 0 Å². The first-order chi connectivity index (χ1) is 5.36. The molecule has 2 rings (SSSR count). The molecule has 2 aliphatic carbocycles. The van der Waals surface area contributed by atoms with E-state index in [0.29, 0.717) is 0 Å². The lowest BCUT2D eigenvalue weighted by Gasteiger charge is -1.85. The summed E-state index contributed by atoms with van der Waals surface area (Å²) in [6.45, 7) is 0. The average Bonchev–Trinajstić information content (AvgIpc) is 2.17. The first-order valence-electron chi connectivity index (χ1n) is 3.50. The second kappa shape index (κ2) is 2.67. The molecule has 0 aliphatic heterocycles. The highest BCUT2D eigenvalue weighted by Crippen LogP contribution is 2.27. The number of hydrogen-bond acceptors (Lipinski definition) is 0. The van der Waals surface area contributed by atoms with Gasteiger partial charge in [0.1, 0.15) is 0 Å². The largest absolute Gasteiger partial charge is 0.0622 e. The molecule has 1 heteroatoms. The maximum Gasteiger partial charge on any atom is 0.0187 e. The topological polar surface area (TPSA) is 0 Å². The Hall–Kier alpha value is -0.820. The zero-order valence-corrected chi connectivity index (χ0v) is 7.51. The second-order valence-electron chi connectivity index (χ2n) is 2.49. The molecule has 0 nitrogen and oxygen atoms in total. The highest BCUT2D eigenvalue weighted by Gasteiger charge is 2.00. The Balaban J connectivity index is 2.73. The van der Waals surface area contributed by atoms with Crippen molar-refractivity contribution >= 4 is 15.9 Å². The standard InChI is InChI=1S/C10H7Br/c11-10-6-8-4-2-1-3-5-9(8)7-10/h1-7H. The van der Waals surface area contributed by atoms with Crippen LogP contribution in [0.2, 0.25) is 0 Å². The lowest BCUT2D eigenvalue weighted by Crippen LogP contribution is -1.59. The molecule has 0 aromatic heterocycles. The van der Waals surface area contributed by atoms with E-state index >= 15 is 0 Å². The molecule has 11 heavy (non-hydrogen) atoms. The highest BCUT2D eigenvalue weighted by atomic mass is 79.9. The van der Waals surface area contributed by atoms with Gasteiger partial charge in [0, 0.05) is 4.47 Å². The minimum absolute atomic E-state index is 1.15. The zero-order chi connectivity index (χ0) is 7.68. The quantitative estimate of drug-likeness (QED) is 0.619. The summed E-state index contributed by atoms with van der Waals surface area (Å²) in [7, 11) is 0. The predicted octanol–water partition coefficient (Wildman–Crippen LogP) is 3.55. The Morgan fingerprint density at radius 1 is 0.818 bits per heavy atom. The molecule has 0 saturated heterocycles. The van der Waals surface area contributed by atoms with Gasteiger partial charge in [0.05, 0.1) is 0 Å². The van der Waals surface area contributed by atoms with Crippen LogP contribution in [0.25, 0.3) is 11.1 Å². The predicted molar refractivity (Wildman–Crippen MR) is 50.8 cm³/mol. The molecule has 2 aliphatic rings. The van der Waals surface area contributed by atoms with E-state index < -0.39 is 0 Å². The summed E-state index contributed by atoms with van der Waals surface area (Å²) >= 11 is 3.44. The van der Waals surface area contributed by atoms with Gasteiger partial charge < -0.3 is 0 Å². The maximum absolute atomic E-state index is 3.44. The minimum atomic E-state index is 1.15. The van der Waals surface area contributed by atoms with Crippen LogP contribution >= 0.6 is 15.9 Å². The fourth-order valence-corrected chi connectivity index (χ4v) is 1.67. The molecule has 0 saturated carbocycles. The zero-order valence-electron chi connectivity index (χ0n) is 5.92. The molecule has 0 unspecified atom stereocenters. The molecule has 0 fully saturated rings. The van der Waals surface area contributed by atoms with E-state index in [4.69, 9.17) is 0 Å². The summed E-state index contributed by atoms with van der Waals surface area (Å²) in [5.41, 5.74) is 2.56. The van der Waals surface area contributed by atoms with Crippen LogP contribution in [0.15, 0.2) is 46.9 Å². The van der Waals surface area contributed by atoms with Gasteiger partial charge in [0.2, 0.25) is 0 Å². The van der Waals surface area contributed by atoms with E-state index in [1.807, 2.05) is 6.07 Å². The molecule has 0 spiro atoms. The fraction of sp³-hybridized carbons (Fsp3) is 0. The van der Waals surface area contributed by atoms with Crippen molar-refractivity contribution in [1.82, 2.24) is 0 Å². The van der Waals surface area contributed by atoms with E-state index in [1.165, 1.54) is 11.1 Å². The van der Waals surface area contributed by atoms with E-state index in [2.05, 4.69) is 52.3 Å². The van der Waals surface area contributed by atoms with Crippen molar-refractivity contribution < 1.29 is 0 Å². The molecule has 54 valence electrons. The molecule has 0 amide bonds. The van der Waals surface area contributed by atoms with Gasteiger partial charge in [-0.2, -0.15) is 0 Å². The van der Waals surface area contributed by atoms with Gasteiger partial charge in [0.15, 0.2) is 0 Å². The van der Waals surface area contributed by atoms with Crippen molar-refractivity contribution in [1.29, 1.82) is 0 Å². The molecule has 0 aromatic rings. The average molecular weight is 207 g/mol. The third kappa shape index (κ3) is 1.29. The van der Waals surface area contributed by atoms with Gasteiger partial charge in [0.25, 0.3) is 0 Å². The van der Waals surface area contributed by atoms with Crippen LogP contribution in [0.5, 0.6) is 0 Å². The summed E-state index contributed by atoms with van der Waals surface area (Å²) in [6, 6.07) is 14.6. The molecule has 0 radical (unpaired) electrons. The normalized spacial score (nSPS) is 10.3. The summed E-state index contributed by atoms with van der Waals surface area (Å²) in [4.78, 5) is 0. The van der Waals surface area contributed by atoms with Crippen LogP contribution in [0.1, 0.15) is 0 Å². The summed E-state index contributed by atoms with van der Waals surface area (Å²) < 4.78 is 1.15. The number of halogens is 1. The smallest absolute Gasteiger partial charge is 0.0187 e. The van der Waals surface area contributed by atoms with Crippen molar-refractivity contribution in [2.45, 2.75) is 0 Å². The SMILES string of the molecule is Brc1cc2cccccc-2c1. The van der Waals surface area contributed by atoms with E-state index in [0.717, 1.165) is 4.47 Å². The lowest BCUT2D eigenvalue weighted by atomic mass is 10.2. The van der Waals surface area contributed by atoms with Crippen LogP contribution in [-0.4, -0.2) is 0 Å². The van der Waals surface area contributed by atoms with Crippen LogP contribution in [0, 0.1) is 0 Å². The third-order valence-corrected chi connectivity index (χ3v) is 2.15. The van der Waals surface area contributed by atoms with Gasteiger partial charge in [-0.05, 0) is 23.3 Å². The molecule has 0 aromatic carbocycles. The van der Waals surface area contributed by atoms with Crippen LogP contribution in [-0.2, 0) is 0 Å². The Morgan fingerprint density at radius 3 is 1.91 bits per heavy atom. The molecule has 0 N–H and O–H groups in total. The van der Waals surface area contributed by atoms with Crippen molar-refractivity contribution in [2.24, 2.45) is 0 Å². The number of rotatable bonds is 0. The highest BCUT2D eigenvalue weighted by molar-refractivity contribution is 9.10. The van der Waals surface area contributed by atoms with Crippen molar-refractivity contribution in [3.63, 3.8) is 0 Å². The molecule has 0 heterocycles. The number of fused-ring (bicyclic) bond motifs is 1. The molecule has 0 bridgehead atoms. The maximum atomic E-state index is 3.44. The van der Waals surface area contributed by atoms with E-state index in [-0.39, 0.29) is 0 Å². The van der Waals surface area contributed by atoms with Gasteiger partial charge in [-0.1, -0.05) is 46.3 Å². The fourth-order valence-electron chi connectivity index (χ4n) is 1.18. The minimum Gasteiger partial charge on any atom is -0.0622 e. The molecular formula is C10H7Br. The first kappa shape index (κ1) is 6.86. The first-order valence-corrected chi connectivity index (χ1v) is 4.30. The van der Waals surface area contributed by atoms with Crippen molar-refractivity contribution in [3.8, 4) is 11.1 Å². The van der Waals surface area contributed by atoms with Gasteiger partial charge >= 0.3 is 0 Å². The van der Waals surface area contributed by atoms with Gasteiger partial charge in [-0.15, -0.1) is 0 Å². The Morgan fingerprint density at radius 2 is 1.36 bits per heavy atom. The summed E-state index contributed by atoms with van der Waals surface area (Å²) in [5.74, 6) is 0. The van der Waals surface area contributed by atoms with Gasteiger partial charge in [-0.25, -0.2) is 0 Å². The lowest BCUT2D eigenvalue weighted by molar-refractivity contribution is 1.84. The number of hydrogen-bond donors (Lipinski definition) is 0. The second-order valence-corrected chi connectivity index (χ2v) is 3.41. The van der Waals surface area contributed by atoms with Crippen LogP contribution in [0.3, 0.4) is 0 Å². The Labute approximate surface area is 74.3 Å². The Kier molecular flexibility index (Phi) is 1.66. The third-order valence-electron chi connectivity index (χ3n) is 1.69. The van der Waals surface area contributed by atoms with E-state index in [1.54, 1.807) is 0 Å².